The van der Waals surface area contributed by atoms with Crippen LogP contribution in [-0.2, 0) is 9.53 Å². The summed E-state index contributed by atoms with van der Waals surface area (Å²) in [6, 6.07) is 2.55. The summed E-state index contributed by atoms with van der Waals surface area (Å²) in [5.41, 5.74) is 0.582. The van der Waals surface area contributed by atoms with Crippen LogP contribution in [0.15, 0.2) is 18.3 Å². The number of aliphatic hydroxyl groups excluding tert-OH is 1. The topological polar surface area (TPSA) is 88.5 Å². The Labute approximate surface area is 123 Å². The standard InChI is InChI=1S/C15H18N2O4/c1-3-21-15(20)11(2)17-14(19)13-12(7-4-5-10-18)8-6-9-16-13/h6,8-9,11,18H,3,5,10H2,1-2H3,(H,17,19). The fourth-order valence-corrected chi connectivity index (χ4v) is 1.49. The molecule has 1 aromatic heterocycles. The average Bonchev–Trinajstić information content (AvgIpc) is 2.48. The first-order valence-electron chi connectivity index (χ1n) is 6.62. The van der Waals surface area contributed by atoms with E-state index in [0.29, 0.717) is 12.0 Å². The van der Waals surface area contributed by atoms with Crippen LogP contribution in [-0.4, -0.2) is 41.2 Å². The Morgan fingerprint density at radius 3 is 2.95 bits per heavy atom. The monoisotopic (exact) mass is 290 g/mol. The van der Waals surface area contributed by atoms with Gasteiger partial charge in [-0.1, -0.05) is 11.8 Å². The summed E-state index contributed by atoms with van der Waals surface area (Å²) in [5, 5.41) is 11.2. The van der Waals surface area contributed by atoms with Gasteiger partial charge in [0, 0.05) is 12.6 Å². The zero-order valence-corrected chi connectivity index (χ0v) is 12.0. The highest BCUT2D eigenvalue weighted by Gasteiger charge is 2.19. The first-order valence-corrected chi connectivity index (χ1v) is 6.62. The summed E-state index contributed by atoms with van der Waals surface area (Å²) in [7, 11) is 0. The second-order valence-electron chi connectivity index (χ2n) is 4.12. The number of amides is 1. The molecule has 0 aliphatic carbocycles. The number of nitrogens with one attached hydrogen (secondary N) is 1. The lowest BCUT2D eigenvalue weighted by molar-refractivity contribution is -0.144. The van der Waals surface area contributed by atoms with Gasteiger partial charge in [0.2, 0.25) is 0 Å². The number of aliphatic hydroxyl groups is 1. The van der Waals surface area contributed by atoms with E-state index in [1.165, 1.54) is 13.1 Å². The maximum absolute atomic E-state index is 12.1. The van der Waals surface area contributed by atoms with Gasteiger partial charge in [-0.25, -0.2) is 9.78 Å². The Morgan fingerprint density at radius 1 is 1.52 bits per heavy atom. The molecule has 112 valence electrons. The van der Waals surface area contributed by atoms with Gasteiger partial charge in [-0.05, 0) is 26.0 Å². The molecule has 0 saturated heterocycles. The number of hydrogen-bond donors (Lipinski definition) is 2. The van der Waals surface area contributed by atoms with Gasteiger partial charge in [-0.3, -0.25) is 4.79 Å². The van der Waals surface area contributed by atoms with Crippen molar-refractivity contribution in [3.05, 3.63) is 29.6 Å². The van der Waals surface area contributed by atoms with E-state index in [2.05, 4.69) is 22.1 Å². The maximum Gasteiger partial charge on any atom is 0.328 e. The smallest absolute Gasteiger partial charge is 0.328 e. The molecule has 6 nitrogen and oxygen atoms in total. The third kappa shape index (κ3) is 5.24. The summed E-state index contributed by atoms with van der Waals surface area (Å²) in [6.45, 7) is 3.44. The third-order valence-electron chi connectivity index (χ3n) is 2.47. The second-order valence-corrected chi connectivity index (χ2v) is 4.12. The number of nitrogens with zero attached hydrogens (tertiary/aromatic N) is 1. The normalized spacial score (nSPS) is 11.0. The highest BCUT2D eigenvalue weighted by atomic mass is 16.5. The molecule has 0 saturated carbocycles. The van der Waals surface area contributed by atoms with Gasteiger partial charge in [0.05, 0.1) is 18.8 Å². The molecule has 0 radical (unpaired) electrons. The van der Waals surface area contributed by atoms with Crippen LogP contribution in [0.1, 0.15) is 36.3 Å². The van der Waals surface area contributed by atoms with E-state index >= 15 is 0 Å². The highest BCUT2D eigenvalue weighted by Crippen LogP contribution is 2.04. The molecule has 2 N–H and O–H groups in total. The SMILES string of the molecule is CCOC(=O)C(C)NC(=O)c1ncccc1C#CCCO. The molecule has 0 spiro atoms. The van der Waals surface area contributed by atoms with Gasteiger partial charge in [-0.15, -0.1) is 0 Å². The Balaban J connectivity index is 2.83. The zero-order valence-electron chi connectivity index (χ0n) is 12.0. The highest BCUT2D eigenvalue weighted by molar-refractivity contribution is 5.97. The van der Waals surface area contributed by atoms with Crippen molar-refractivity contribution in [3.63, 3.8) is 0 Å². The van der Waals surface area contributed by atoms with Gasteiger partial charge in [0.15, 0.2) is 0 Å². The largest absolute Gasteiger partial charge is 0.464 e. The van der Waals surface area contributed by atoms with E-state index in [0.717, 1.165) is 0 Å². The fourth-order valence-electron chi connectivity index (χ4n) is 1.49. The predicted molar refractivity (Wildman–Crippen MR) is 76.4 cm³/mol. The number of esters is 1. The van der Waals surface area contributed by atoms with Crippen molar-refractivity contribution in [1.82, 2.24) is 10.3 Å². The van der Waals surface area contributed by atoms with Crippen molar-refractivity contribution in [1.29, 1.82) is 0 Å². The van der Waals surface area contributed by atoms with Crippen LogP contribution in [0.3, 0.4) is 0 Å². The zero-order chi connectivity index (χ0) is 15.7. The van der Waals surface area contributed by atoms with Crippen LogP contribution in [0.2, 0.25) is 0 Å². The van der Waals surface area contributed by atoms with Crippen molar-refractivity contribution >= 4 is 11.9 Å². The summed E-state index contributed by atoms with van der Waals surface area (Å²) < 4.78 is 4.82. The van der Waals surface area contributed by atoms with Crippen LogP contribution in [0.4, 0.5) is 0 Å². The molecule has 1 amide bonds. The molecule has 1 unspecified atom stereocenters. The molecule has 1 heterocycles. The molecule has 1 atom stereocenters. The molecule has 0 fully saturated rings. The lowest BCUT2D eigenvalue weighted by Gasteiger charge is -2.12. The number of rotatable bonds is 5. The van der Waals surface area contributed by atoms with E-state index in [9.17, 15) is 9.59 Å². The van der Waals surface area contributed by atoms with Crippen molar-refractivity contribution < 1.29 is 19.4 Å². The van der Waals surface area contributed by atoms with Gasteiger partial charge < -0.3 is 15.2 Å². The maximum atomic E-state index is 12.1. The minimum Gasteiger partial charge on any atom is -0.464 e. The summed E-state index contributed by atoms with van der Waals surface area (Å²) in [4.78, 5) is 27.6. The Morgan fingerprint density at radius 2 is 2.29 bits per heavy atom. The Hall–Kier alpha value is -2.39. The van der Waals surface area contributed by atoms with E-state index in [1.807, 2.05) is 0 Å². The van der Waals surface area contributed by atoms with Crippen molar-refractivity contribution in [2.75, 3.05) is 13.2 Å². The number of hydrogen-bond acceptors (Lipinski definition) is 5. The van der Waals surface area contributed by atoms with Crippen LogP contribution < -0.4 is 5.32 Å². The minimum atomic E-state index is -0.766. The number of pyridine rings is 1. The average molecular weight is 290 g/mol. The van der Waals surface area contributed by atoms with Crippen LogP contribution in [0, 0.1) is 11.8 Å². The van der Waals surface area contributed by atoms with Gasteiger partial charge in [0.1, 0.15) is 11.7 Å². The minimum absolute atomic E-state index is 0.0469. The lowest BCUT2D eigenvalue weighted by Crippen LogP contribution is -2.40. The predicted octanol–water partition coefficient (Wildman–Crippen LogP) is 0.497. The Kier molecular flexibility index (Phi) is 6.92. The number of aromatic nitrogens is 1. The molecular formula is C15H18N2O4. The Bertz CT molecular complexity index is 560. The molecule has 0 bridgehead atoms. The van der Waals surface area contributed by atoms with Gasteiger partial charge in [0.25, 0.3) is 5.91 Å². The molecule has 0 aliphatic rings. The van der Waals surface area contributed by atoms with E-state index in [1.54, 1.807) is 19.1 Å². The lowest BCUT2D eigenvalue weighted by atomic mass is 10.1. The van der Waals surface area contributed by atoms with Crippen molar-refractivity contribution in [3.8, 4) is 11.8 Å². The molecule has 1 aromatic rings. The first kappa shape index (κ1) is 16.7. The van der Waals surface area contributed by atoms with Crippen LogP contribution in [0.5, 0.6) is 0 Å². The number of carbonyl (C=O) groups excluding carboxylic acids is 2. The van der Waals surface area contributed by atoms with E-state index in [4.69, 9.17) is 9.84 Å². The summed E-state index contributed by atoms with van der Waals surface area (Å²) in [5.74, 6) is 4.50. The van der Waals surface area contributed by atoms with Gasteiger partial charge >= 0.3 is 5.97 Å². The fraction of sp³-hybridized carbons (Fsp3) is 0.400. The van der Waals surface area contributed by atoms with Crippen LogP contribution in [0.25, 0.3) is 0 Å². The van der Waals surface area contributed by atoms with E-state index in [-0.39, 0.29) is 18.9 Å². The molecule has 0 aromatic carbocycles. The van der Waals surface area contributed by atoms with Crippen LogP contribution >= 0.6 is 0 Å². The second kappa shape index (κ2) is 8.72. The molecule has 6 heteroatoms. The quantitative estimate of drug-likeness (QED) is 0.609. The number of ether oxygens (including phenoxy) is 1. The molecular weight excluding hydrogens is 272 g/mol. The van der Waals surface area contributed by atoms with E-state index < -0.39 is 17.9 Å². The molecule has 1 rings (SSSR count). The molecule has 0 aliphatic heterocycles. The van der Waals surface area contributed by atoms with Crippen molar-refractivity contribution in [2.45, 2.75) is 26.3 Å². The first-order chi connectivity index (χ1) is 10.1. The third-order valence-corrected chi connectivity index (χ3v) is 2.47. The van der Waals surface area contributed by atoms with Gasteiger partial charge in [-0.2, -0.15) is 0 Å². The number of carbonyl (C=O) groups is 2. The molecule has 21 heavy (non-hydrogen) atoms. The summed E-state index contributed by atoms with van der Waals surface area (Å²) in [6.07, 6.45) is 1.79. The van der Waals surface area contributed by atoms with Crippen molar-refractivity contribution in [2.24, 2.45) is 0 Å². The summed E-state index contributed by atoms with van der Waals surface area (Å²) >= 11 is 0.